The van der Waals surface area contributed by atoms with E-state index < -0.39 is 0 Å². The van der Waals surface area contributed by atoms with E-state index in [2.05, 4.69) is 36.1 Å². The number of piperidine rings is 1. The molecule has 1 fully saturated rings. The van der Waals surface area contributed by atoms with E-state index in [0.717, 1.165) is 39.0 Å². The molecule has 2 rings (SSSR count). The third-order valence-electron chi connectivity index (χ3n) is 4.23. The lowest BCUT2D eigenvalue weighted by Gasteiger charge is -2.38. The first kappa shape index (κ1) is 16.3. The summed E-state index contributed by atoms with van der Waals surface area (Å²) in [5.41, 5.74) is 1.32. The first-order valence-electron chi connectivity index (χ1n) is 7.86. The summed E-state index contributed by atoms with van der Waals surface area (Å²) >= 11 is 5.75. The number of carbonyl (C=O) groups is 1. The number of carbonyl (C=O) groups excluding carboxylic acids is 1. The van der Waals surface area contributed by atoms with Gasteiger partial charge in [0.1, 0.15) is 5.88 Å². The highest BCUT2D eigenvalue weighted by Gasteiger charge is 2.27. The van der Waals surface area contributed by atoms with Crippen molar-refractivity contribution in [1.82, 2.24) is 9.80 Å². The van der Waals surface area contributed by atoms with Crippen molar-refractivity contribution in [3.05, 3.63) is 35.9 Å². The highest BCUT2D eigenvalue weighted by molar-refractivity contribution is 6.27. The Morgan fingerprint density at radius 3 is 2.76 bits per heavy atom. The fourth-order valence-electron chi connectivity index (χ4n) is 3.04. The first-order valence-corrected chi connectivity index (χ1v) is 8.39. The molecule has 0 unspecified atom stereocenters. The van der Waals surface area contributed by atoms with Crippen LogP contribution in [0.15, 0.2) is 30.3 Å². The molecule has 1 aliphatic heterocycles. The molecule has 0 bridgehead atoms. The van der Waals surface area contributed by atoms with Gasteiger partial charge in [-0.3, -0.25) is 9.69 Å². The molecule has 1 aromatic carbocycles. The second-order valence-electron chi connectivity index (χ2n) is 5.68. The molecule has 0 aliphatic carbocycles. The van der Waals surface area contributed by atoms with Gasteiger partial charge < -0.3 is 4.90 Å². The molecule has 1 aliphatic rings. The number of rotatable bonds is 6. The Balaban J connectivity index is 1.97. The topological polar surface area (TPSA) is 23.6 Å². The van der Waals surface area contributed by atoms with Gasteiger partial charge in [-0.2, -0.15) is 0 Å². The summed E-state index contributed by atoms with van der Waals surface area (Å²) in [5.74, 6) is 0.179. The van der Waals surface area contributed by atoms with Crippen molar-refractivity contribution >= 4 is 17.5 Å². The summed E-state index contributed by atoms with van der Waals surface area (Å²) in [6, 6.07) is 10.8. The second-order valence-corrected chi connectivity index (χ2v) is 5.95. The molecular weight excluding hydrogens is 284 g/mol. The molecule has 1 amide bonds. The maximum atomic E-state index is 12.0. The van der Waals surface area contributed by atoms with Crippen molar-refractivity contribution in [3.63, 3.8) is 0 Å². The quantitative estimate of drug-likeness (QED) is 0.754. The molecular formula is C17H25ClN2O. The van der Waals surface area contributed by atoms with Crippen LogP contribution in [0, 0.1) is 0 Å². The summed E-state index contributed by atoms with van der Waals surface area (Å²) in [6.45, 7) is 5.91. The SMILES string of the molecule is CCN(Cc1ccccc1)C[C@H]1CCCCN1C(=O)CCl. The predicted molar refractivity (Wildman–Crippen MR) is 87.5 cm³/mol. The lowest BCUT2D eigenvalue weighted by atomic mass is 10.0. The Labute approximate surface area is 132 Å². The van der Waals surface area contributed by atoms with Crippen molar-refractivity contribution in [2.24, 2.45) is 0 Å². The zero-order chi connectivity index (χ0) is 15.1. The van der Waals surface area contributed by atoms with Gasteiger partial charge in [-0.15, -0.1) is 11.6 Å². The Hall–Kier alpha value is -1.06. The fourth-order valence-corrected chi connectivity index (χ4v) is 3.19. The summed E-state index contributed by atoms with van der Waals surface area (Å²) in [5, 5.41) is 0. The lowest BCUT2D eigenvalue weighted by molar-refractivity contribution is -0.132. The van der Waals surface area contributed by atoms with Crippen molar-refractivity contribution in [2.75, 3.05) is 25.5 Å². The maximum Gasteiger partial charge on any atom is 0.237 e. The number of halogens is 1. The first-order chi connectivity index (χ1) is 10.2. The van der Waals surface area contributed by atoms with Gasteiger partial charge in [-0.1, -0.05) is 37.3 Å². The standard InChI is InChI=1S/C17H25ClN2O/c1-2-19(13-15-8-4-3-5-9-15)14-16-10-6-7-11-20(16)17(21)12-18/h3-5,8-9,16H,2,6-7,10-14H2,1H3/t16-/m1/s1. The van der Waals surface area contributed by atoms with Crippen LogP contribution in [0.4, 0.5) is 0 Å². The third-order valence-corrected chi connectivity index (χ3v) is 4.46. The minimum Gasteiger partial charge on any atom is -0.337 e. The van der Waals surface area contributed by atoms with E-state index in [-0.39, 0.29) is 11.8 Å². The van der Waals surface area contributed by atoms with Gasteiger partial charge in [0.15, 0.2) is 0 Å². The van der Waals surface area contributed by atoms with Crippen LogP contribution in [0.5, 0.6) is 0 Å². The number of hydrogen-bond donors (Lipinski definition) is 0. The average Bonchev–Trinajstić information content (AvgIpc) is 2.55. The number of benzene rings is 1. The third kappa shape index (κ3) is 4.72. The van der Waals surface area contributed by atoms with Crippen LogP contribution in [0.1, 0.15) is 31.7 Å². The lowest BCUT2D eigenvalue weighted by Crippen LogP contribution is -2.49. The van der Waals surface area contributed by atoms with Gasteiger partial charge in [0.05, 0.1) is 0 Å². The van der Waals surface area contributed by atoms with Crippen molar-refractivity contribution in [3.8, 4) is 0 Å². The van der Waals surface area contributed by atoms with Crippen LogP contribution in [0.25, 0.3) is 0 Å². The van der Waals surface area contributed by atoms with Crippen molar-refractivity contribution in [2.45, 2.75) is 38.8 Å². The molecule has 116 valence electrons. The molecule has 3 nitrogen and oxygen atoms in total. The Morgan fingerprint density at radius 1 is 1.33 bits per heavy atom. The van der Waals surface area contributed by atoms with Crippen molar-refractivity contribution in [1.29, 1.82) is 0 Å². The summed E-state index contributed by atoms with van der Waals surface area (Å²) in [6.07, 6.45) is 3.40. The van der Waals surface area contributed by atoms with E-state index >= 15 is 0 Å². The molecule has 0 N–H and O–H groups in total. The molecule has 0 radical (unpaired) electrons. The van der Waals surface area contributed by atoms with E-state index in [1.54, 1.807) is 0 Å². The molecule has 0 aromatic heterocycles. The highest BCUT2D eigenvalue weighted by atomic mass is 35.5. The van der Waals surface area contributed by atoms with E-state index in [1.807, 2.05) is 11.0 Å². The zero-order valence-corrected chi connectivity index (χ0v) is 13.6. The molecule has 1 aromatic rings. The smallest absolute Gasteiger partial charge is 0.237 e. The van der Waals surface area contributed by atoms with E-state index in [9.17, 15) is 4.79 Å². The number of likely N-dealkylation sites (N-methyl/N-ethyl adjacent to an activating group) is 1. The summed E-state index contributed by atoms with van der Waals surface area (Å²) < 4.78 is 0. The largest absolute Gasteiger partial charge is 0.337 e. The number of hydrogen-bond acceptors (Lipinski definition) is 2. The monoisotopic (exact) mass is 308 g/mol. The zero-order valence-electron chi connectivity index (χ0n) is 12.8. The number of likely N-dealkylation sites (tertiary alicyclic amines) is 1. The predicted octanol–water partition coefficient (Wildman–Crippen LogP) is 3.13. The van der Waals surface area contributed by atoms with Crippen molar-refractivity contribution < 1.29 is 4.79 Å². The molecule has 1 atom stereocenters. The van der Waals surface area contributed by atoms with Gasteiger partial charge in [0.2, 0.25) is 5.91 Å². The van der Waals surface area contributed by atoms with Crippen LogP contribution in [-0.2, 0) is 11.3 Å². The van der Waals surface area contributed by atoms with Gasteiger partial charge in [0.25, 0.3) is 0 Å². The number of amides is 1. The minimum atomic E-state index is 0.0807. The molecule has 1 heterocycles. The normalized spacial score (nSPS) is 19.0. The number of alkyl halides is 1. The summed E-state index contributed by atoms with van der Waals surface area (Å²) in [4.78, 5) is 16.4. The van der Waals surface area contributed by atoms with Crippen LogP contribution in [0.2, 0.25) is 0 Å². The van der Waals surface area contributed by atoms with E-state index in [0.29, 0.717) is 6.04 Å². The molecule has 0 spiro atoms. The van der Waals surface area contributed by atoms with Gasteiger partial charge in [-0.25, -0.2) is 0 Å². The van der Waals surface area contributed by atoms with Gasteiger partial charge >= 0.3 is 0 Å². The number of nitrogens with zero attached hydrogens (tertiary/aromatic N) is 2. The van der Waals surface area contributed by atoms with Crippen LogP contribution < -0.4 is 0 Å². The molecule has 21 heavy (non-hydrogen) atoms. The van der Waals surface area contributed by atoms with Crippen LogP contribution >= 0.6 is 11.6 Å². The Bertz CT molecular complexity index is 438. The van der Waals surface area contributed by atoms with Crippen LogP contribution in [0.3, 0.4) is 0 Å². The molecule has 1 saturated heterocycles. The average molecular weight is 309 g/mol. The minimum absolute atomic E-state index is 0.0807. The highest BCUT2D eigenvalue weighted by Crippen LogP contribution is 2.19. The molecule has 0 saturated carbocycles. The second kappa shape index (κ2) is 8.40. The Morgan fingerprint density at radius 2 is 2.10 bits per heavy atom. The van der Waals surface area contributed by atoms with Gasteiger partial charge in [-0.05, 0) is 31.4 Å². The van der Waals surface area contributed by atoms with E-state index in [1.165, 1.54) is 12.0 Å². The van der Waals surface area contributed by atoms with E-state index in [4.69, 9.17) is 11.6 Å². The maximum absolute atomic E-state index is 12.0. The molecule has 4 heteroatoms. The fraction of sp³-hybridized carbons (Fsp3) is 0.588. The Kier molecular flexibility index (Phi) is 6.52. The summed E-state index contributed by atoms with van der Waals surface area (Å²) in [7, 11) is 0. The van der Waals surface area contributed by atoms with Gasteiger partial charge in [0, 0.05) is 25.7 Å². The van der Waals surface area contributed by atoms with Crippen LogP contribution in [-0.4, -0.2) is 47.3 Å².